The number of thiazole rings is 1. The minimum atomic E-state index is -0.223. The predicted molar refractivity (Wildman–Crippen MR) is 115 cm³/mol. The molecule has 0 fully saturated rings. The smallest absolute Gasteiger partial charge is 0.255 e. The number of carbonyl (C=O) groups excluding carboxylic acids is 1. The third-order valence-corrected chi connectivity index (χ3v) is 5.04. The molecule has 0 aliphatic rings. The van der Waals surface area contributed by atoms with Crippen molar-refractivity contribution < 1.29 is 14.3 Å². The molecule has 7 nitrogen and oxygen atoms in total. The van der Waals surface area contributed by atoms with Gasteiger partial charge in [0.1, 0.15) is 6.61 Å². The highest BCUT2D eigenvalue weighted by atomic mass is 32.1. The molecule has 0 unspecified atom stereocenters. The normalized spacial score (nSPS) is 10.6. The first-order valence-electron chi connectivity index (χ1n) is 9.27. The van der Waals surface area contributed by atoms with Gasteiger partial charge in [-0.1, -0.05) is 12.1 Å². The van der Waals surface area contributed by atoms with E-state index >= 15 is 0 Å². The molecule has 0 radical (unpaired) electrons. The molecule has 4 aromatic rings. The Bertz CT molecular complexity index is 1090. The highest BCUT2D eigenvalue weighted by Gasteiger charge is 2.12. The number of hydrogen-bond donors (Lipinski definition) is 1. The molecule has 0 bridgehead atoms. The van der Waals surface area contributed by atoms with Crippen LogP contribution in [0.3, 0.4) is 0 Å². The fraction of sp³-hybridized carbons (Fsp3) is 0.136. The third kappa shape index (κ3) is 4.84. The van der Waals surface area contributed by atoms with Gasteiger partial charge >= 0.3 is 0 Å². The number of amides is 1. The molecule has 8 heteroatoms. The largest absolute Gasteiger partial charge is 0.493 e. The second-order valence-electron chi connectivity index (χ2n) is 6.49. The maximum atomic E-state index is 12.6. The Balaban J connectivity index is 1.40. The van der Waals surface area contributed by atoms with Crippen molar-refractivity contribution in [2.75, 3.05) is 12.4 Å². The van der Waals surface area contributed by atoms with Crippen LogP contribution in [-0.4, -0.2) is 27.8 Å². The number of hydrogen-bond acceptors (Lipinski definition) is 6. The lowest BCUT2D eigenvalue weighted by Gasteiger charge is -2.12. The van der Waals surface area contributed by atoms with E-state index in [0.717, 1.165) is 11.3 Å². The predicted octanol–water partition coefficient (Wildman–Crippen LogP) is 4.23. The van der Waals surface area contributed by atoms with Crippen LogP contribution >= 0.6 is 11.3 Å². The molecule has 2 aromatic heterocycles. The van der Waals surface area contributed by atoms with E-state index in [0.29, 0.717) is 35.9 Å². The zero-order valence-electron chi connectivity index (χ0n) is 16.3. The molecule has 0 aliphatic heterocycles. The second kappa shape index (κ2) is 9.23. The maximum absolute atomic E-state index is 12.6. The summed E-state index contributed by atoms with van der Waals surface area (Å²) >= 11 is 1.51. The van der Waals surface area contributed by atoms with Crippen LogP contribution in [-0.2, 0) is 13.2 Å². The summed E-state index contributed by atoms with van der Waals surface area (Å²) in [7, 11) is 1.55. The van der Waals surface area contributed by atoms with Gasteiger partial charge in [-0.2, -0.15) is 5.10 Å². The van der Waals surface area contributed by atoms with Gasteiger partial charge in [0.05, 0.1) is 24.9 Å². The van der Waals surface area contributed by atoms with Crippen molar-refractivity contribution >= 4 is 22.9 Å². The lowest BCUT2D eigenvalue weighted by molar-refractivity contribution is 0.102. The molecule has 0 spiro atoms. The average Bonchev–Trinajstić information content (AvgIpc) is 3.48. The molecule has 152 valence electrons. The van der Waals surface area contributed by atoms with E-state index in [9.17, 15) is 4.79 Å². The first kappa shape index (κ1) is 19.7. The quantitative estimate of drug-likeness (QED) is 0.462. The lowest BCUT2D eigenvalue weighted by atomic mass is 10.1. The molecular weight excluding hydrogens is 400 g/mol. The van der Waals surface area contributed by atoms with Gasteiger partial charge in [0.2, 0.25) is 0 Å². The van der Waals surface area contributed by atoms with Gasteiger partial charge in [-0.15, -0.1) is 11.3 Å². The first-order chi connectivity index (χ1) is 14.7. The van der Waals surface area contributed by atoms with Crippen LogP contribution < -0.4 is 14.8 Å². The topological polar surface area (TPSA) is 78.3 Å². The van der Waals surface area contributed by atoms with Gasteiger partial charge in [-0.3, -0.25) is 9.48 Å². The third-order valence-electron chi connectivity index (χ3n) is 4.40. The Labute approximate surface area is 177 Å². The molecule has 0 saturated heterocycles. The van der Waals surface area contributed by atoms with Gasteiger partial charge in [-0.25, -0.2) is 4.98 Å². The highest BCUT2D eigenvalue weighted by Crippen LogP contribution is 2.29. The molecular formula is C22H20N4O3S. The number of anilines is 1. The summed E-state index contributed by atoms with van der Waals surface area (Å²) in [6.45, 7) is 1.02. The summed E-state index contributed by atoms with van der Waals surface area (Å²) in [6, 6.07) is 14.7. The number of benzene rings is 2. The van der Waals surface area contributed by atoms with E-state index in [1.54, 1.807) is 37.0 Å². The first-order valence-corrected chi connectivity index (χ1v) is 10.2. The molecule has 0 saturated carbocycles. The van der Waals surface area contributed by atoms with Crippen LogP contribution in [0.4, 0.5) is 5.69 Å². The van der Waals surface area contributed by atoms with E-state index in [1.807, 2.05) is 46.6 Å². The molecule has 0 atom stereocenters. The number of ether oxygens (including phenoxy) is 2. The molecule has 30 heavy (non-hydrogen) atoms. The summed E-state index contributed by atoms with van der Waals surface area (Å²) in [5.41, 5.74) is 4.90. The summed E-state index contributed by atoms with van der Waals surface area (Å²) in [4.78, 5) is 16.8. The minimum absolute atomic E-state index is 0.223. The number of nitrogens with one attached hydrogen (secondary N) is 1. The molecule has 2 heterocycles. The molecule has 2 aromatic carbocycles. The zero-order chi connectivity index (χ0) is 20.8. The molecule has 1 N–H and O–H groups in total. The SMILES string of the molecule is COc1cc(C(=O)Nc2ccc(Cn3cccn3)cc2)ccc1OCc1cscn1. The highest BCUT2D eigenvalue weighted by molar-refractivity contribution is 7.07. The summed E-state index contributed by atoms with van der Waals surface area (Å²) in [5.74, 6) is 0.830. The van der Waals surface area contributed by atoms with Crippen molar-refractivity contribution in [3.63, 3.8) is 0 Å². The fourth-order valence-electron chi connectivity index (χ4n) is 2.87. The average molecular weight is 420 g/mol. The van der Waals surface area contributed by atoms with Crippen molar-refractivity contribution in [3.05, 3.63) is 88.6 Å². The number of carbonyl (C=O) groups is 1. The Morgan fingerprint density at radius 1 is 1.17 bits per heavy atom. The van der Waals surface area contributed by atoms with Crippen LogP contribution in [0.2, 0.25) is 0 Å². The van der Waals surface area contributed by atoms with Crippen LogP contribution in [0.15, 0.2) is 71.8 Å². The Hall–Kier alpha value is -3.65. The van der Waals surface area contributed by atoms with Crippen LogP contribution in [0.1, 0.15) is 21.6 Å². The summed E-state index contributed by atoms with van der Waals surface area (Å²) in [6.07, 6.45) is 3.66. The van der Waals surface area contributed by atoms with E-state index < -0.39 is 0 Å². The fourth-order valence-corrected chi connectivity index (χ4v) is 3.41. The van der Waals surface area contributed by atoms with E-state index in [2.05, 4.69) is 15.4 Å². The van der Waals surface area contributed by atoms with Gasteiger partial charge < -0.3 is 14.8 Å². The van der Waals surface area contributed by atoms with Crippen molar-refractivity contribution in [2.24, 2.45) is 0 Å². The maximum Gasteiger partial charge on any atom is 0.255 e. The van der Waals surface area contributed by atoms with Crippen LogP contribution in [0.25, 0.3) is 0 Å². The molecule has 0 aliphatic carbocycles. The van der Waals surface area contributed by atoms with Gasteiger partial charge in [0.25, 0.3) is 5.91 Å². The van der Waals surface area contributed by atoms with Crippen molar-refractivity contribution in [1.29, 1.82) is 0 Å². The number of methoxy groups -OCH3 is 1. The standard InChI is InChI=1S/C22H20N4O3S/c1-28-21-11-17(5-8-20(21)29-13-19-14-30-15-23-19)22(27)25-18-6-3-16(4-7-18)12-26-10-2-9-24-26/h2-11,14-15H,12-13H2,1H3,(H,25,27). The molecule has 1 amide bonds. The minimum Gasteiger partial charge on any atom is -0.493 e. The van der Waals surface area contributed by atoms with E-state index in [4.69, 9.17) is 9.47 Å². The van der Waals surface area contributed by atoms with Crippen LogP contribution in [0.5, 0.6) is 11.5 Å². The second-order valence-corrected chi connectivity index (χ2v) is 7.21. The van der Waals surface area contributed by atoms with Crippen molar-refractivity contribution in [1.82, 2.24) is 14.8 Å². The number of rotatable bonds is 8. The van der Waals surface area contributed by atoms with Gasteiger partial charge in [0.15, 0.2) is 11.5 Å². The monoisotopic (exact) mass is 420 g/mol. The summed E-state index contributed by atoms with van der Waals surface area (Å²) in [5, 5.41) is 9.02. The van der Waals surface area contributed by atoms with Crippen LogP contribution in [0, 0.1) is 0 Å². The summed E-state index contributed by atoms with van der Waals surface area (Å²) < 4.78 is 13.0. The Kier molecular flexibility index (Phi) is 6.05. The zero-order valence-corrected chi connectivity index (χ0v) is 17.1. The van der Waals surface area contributed by atoms with E-state index in [-0.39, 0.29) is 5.91 Å². The lowest BCUT2D eigenvalue weighted by Crippen LogP contribution is -2.12. The van der Waals surface area contributed by atoms with Crippen molar-refractivity contribution in [3.8, 4) is 11.5 Å². The van der Waals surface area contributed by atoms with Gasteiger partial charge in [0, 0.05) is 29.0 Å². The Morgan fingerprint density at radius 3 is 2.73 bits per heavy atom. The number of aromatic nitrogens is 3. The molecule has 4 rings (SSSR count). The number of nitrogens with zero attached hydrogens (tertiary/aromatic N) is 3. The Morgan fingerprint density at radius 2 is 2.03 bits per heavy atom. The van der Waals surface area contributed by atoms with Crippen molar-refractivity contribution in [2.45, 2.75) is 13.2 Å². The van der Waals surface area contributed by atoms with E-state index in [1.165, 1.54) is 11.3 Å². The van der Waals surface area contributed by atoms with Gasteiger partial charge in [-0.05, 0) is 42.0 Å².